The van der Waals surface area contributed by atoms with Crippen LogP contribution in [0.2, 0.25) is 0 Å². The highest BCUT2D eigenvalue weighted by Crippen LogP contribution is 2.27. The van der Waals surface area contributed by atoms with Gasteiger partial charge in [0.05, 0.1) is 12.6 Å². The van der Waals surface area contributed by atoms with Crippen LogP contribution in [0.4, 0.5) is 0 Å². The van der Waals surface area contributed by atoms with E-state index in [0.29, 0.717) is 44.2 Å². The first-order chi connectivity index (χ1) is 26.0. The van der Waals surface area contributed by atoms with Gasteiger partial charge in [0.1, 0.15) is 18.1 Å². The third kappa shape index (κ3) is 15.3. The van der Waals surface area contributed by atoms with E-state index in [1.165, 1.54) is 0 Å². The van der Waals surface area contributed by atoms with E-state index in [0.717, 1.165) is 57.8 Å². The number of carbonyl (C=O) groups excluding carboxylic acids is 8. The maximum atomic E-state index is 13.9. The summed E-state index contributed by atoms with van der Waals surface area (Å²) in [6.07, 6.45) is 10.9. The normalized spacial score (nSPS) is 21.2. The third-order valence-corrected chi connectivity index (χ3v) is 9.97. The highest BCUT2D eigenvalue weighted by atomic mass is 16.2. The molecule has 0 aromatic heterocycles. The van der Waals surface area contributed by atoms with Crippen LogP contribution in [0.3, 0.4) is 0 Å². The Morgan fingerprint density at radius 3 is 2.07 bits per heavy atom. The Kier molecular flexibility index (Phi) is 19.2. The molecule has 1 aromatic carbocycles. The smallest absolute Gasteiger partial charge is 0.290 e. The second kappa shape index (κ2) is 23.8. The molecule has 4 atom stereocenters. The molecule has 1 saturated carbocycles. The van der Waals surface area contributed by atoms with Crippen molar-refractivity contribution in [3.05, 3.63) is 35.9 Å². The van der Waals surface area contributed by atoms with Gasteiger partial charge >= 0.3 is 0 Å². The average molecular weight is 754 g/mol. The van der Waals surface area contributed by atoms with Crippen molar-refractivity contribution >= 4 is 47.1 Å². The molecule has 0 spiro atoms. The minimum atomic E-state index is -1.25. The molecular weight excluding hydrogens is 694 g/mol. The monoisotopic (exact) mass is 753 g/mol. The van der Waals surface area contributed by atoms with Crippen molar-refractivity contribution in [2.75, 3.05) is 13.1 Å². The van der Waals surface area contributed by atoms with Crippen LogP contribution in [-0.4, -0.2) is 78.3 Å². The number of nitrogens with two attached hydrogens (primary N) is 1. The first-order valence-corrected chi connectivity index (χ1v) is 19.6. The van der Waals surface area contributed by atoms with E-state index in [4.69, 9.17) is 5.73 Å². The van der Waals surface area contributed by atoms with Crippen LogP contribution in [-0.2, 0) is 38.4 Å². The Morgan fingerprint density at radius 2 is 1.41 bits per heavy atom. The molecule has 8 N–H and O–H groups in total. The number of benzene rings is 1. The van der Waals surface area contributed by atoms with Crippen LogP contribution in [0.25, 0.3) is 0 Å². The number of hydrogen-bond donors (Lipinski definition) is 7. The molecule has 1 aliphatic heterocycles. The zero-order valence-electron chi connectivity index (χ0n) is 31.6. The van der Waals surface area contributed by atoms with Gasteiger partial charge in [0, 0.05) is 19.4 Å². The Labute approximate surface area is 317 Å². The van der Waals surface area contributed by atoms with Crippen molar-refractivity contribution in [3.8, 4) is 0 Å². The predicted octanol–water partition coefficient (Wildman–Crippen LogP) is 1.88. The lowest BCUT2D eigenvalue weighted by Crippen LogP contribution is -2.58. The summed E-state index contributed by atoms with van der Waals surface area (Å²) < 4.78 is 0. The van der Waals surface area contributed by atoms with Crippen LogP contribution in [0.5, 0.6) is 0 Å². The summed E-state index contributed by atoms with van der Waals surface area (Å²) >= 11 is 0. The molecule has 298 valence electrons. The summed E-state index contributed by atoms with van der Waals surface area (Å²) in [6, 6.07) is 3.98. The van der Waals surface area contributed by atoms with Crippen molar-refractivity contribution in [1.29, 1.82) is 0 Å². The molecule has 0 bridgehead atoms. The SMILES string of the molecule is CCCC(NC(=O)[C@@H]1CCCCNC(=O)CCCCCCCC(=O)N[C@@H](C2CCCCC2)C(=O)N1)C(=O)C(=O)NCC(=O)N[C@H](C(N)=O)c1ccccc1. The largest absolute Gasteiger partial charge is 0.368 e. The number of rotatable bonds is 12. The average Bonchev–Trinajstić information content (AvgIpc) is 3.16. The molecule has 1 heterocycles. The van der Waals surface area contributed by atoms with E-state index >= 15 is 0 Å². The van der Waals surface area contributed by atoms with Crippen molar-refractivity contribution in [3.63, 3.8) is 0 Å². The van der Waals surface area contributed by atoms with Gasteiger partial charge in [-0.05, 0) is 62.8 Å². The fourth-order valence-corrected chi connectivity index (χ4v) is 6.94. The molecule has 2 aliphatic rings. The summed E-state index contributed by atoms with van der Waals surface area (Å²) in [6.45, 7) is 1.55. The lowest BCUT2D eigenvalue weighted by Gasteiger charge is -2.31. The number of amides is 7. The van der Waals surface area contributed by atoms with E-state index in [1.807, 2.05) is 0 Å². The topological polar surface area (TPSA) is 235 Å². The first-order valence-electron chi connectivity index (χ1n) is 19.6. The lowest BCUT2D eigenvalue weighted by molar-refractivity contribution is -0.141. The van der Waals surface area contributed by atoms with Crippen LogP contribution >= 0.6 is 0 Å². The van der Waals surface area contributed by atoms with Crippen LogP contribution in [0, 0.1) is 5.92 Å². The third-order valence-electron chi connectivity index (χ3n) is 9.97. The number of primary amides is 1. The van der Waals surface area contributed by atoms with Crippen LogP contribution in [0.15, 0.2) is 30.3 Å². The van der Waals surface area contributed by atoms with Crippen LogP contribution < -0.4 is 37.6 Å². The van der Waals surface area contributed by atoms with E-state index in [-0.39, 0.29) is 37.0 Å². The maximum absolute atomic E-state index is 13.9. The van der Waals surface area contributed by atoms with Gasteiger partial charge in [-0.1, -0.05) is 82.2 Å². The molecule has 1 unspecified atom stereocenters. The Bertz CT molecular complexity index is 1430. The number of hydrogen-bond acceptors (Lipinski definition) is 8. The molecule has 0 radical (unpaired) electrons. The molecule has 1 aliphatic carbocycles. The van der Waals surface area contributed by atoms with Gasteiger partial charge in [-0.25, -0.2) is 0 Å². The van der Waals surface area contributed by atoms with Gasteiger partial charge in [-0.2, -0.15) is 0 Å². The molecule has 1 saturated heterocycles. The Hall–Kier alpha value is -4.82. The second-order valence-corrected chi connectivity index (χ2v) is 14.3. The molecule has 2 fully saturated rings. The van der Waals surface area contributed by atoms with Gasteiger partial charge in [-0.3, -0.25) is 38.4 Å². The Balaban J connectivity index is 1.71. The van der Waals surface area contributed by atoms with Gasteiger partial charge in [0.2, 0.25) is 41.2 Å². The summed E-state index contributed by atoms with van der Waals surface area (Å²) in [4.78, 5) is 104. The van der Waals surface area contributed by atoms with E-state index in [2.05, 4.69) is 31.9 Å². The van der Waals surface area contributed by atoms with E-state index in [9.17, 15) is 38.4 Å². The maximum Gasteiger partial charge on any atom is 0.290 e. The molecule has 1 aromatic rings. The quantitative estimate of drug-likeness (QED) is 0.155. The number of Topliss-reactive ketones (excluding diaryl/α,β-unsaturated/α-hetero) is 1. The lowest BCUT2D eigenvalue weighted by atomic mass is 9.83. The van der Waals surface area contributed by atoms with Crippen molar-refractivity contribution < 1.29 is 38.4 Å². The number of carbonyl (C=O) groups is 8. The minimum Gasteiger partial charge on any atom is -0.368 e. The molecule has 15 nitrogen and oxygen atoms in total. The predicted molar refractivity (Wildman–Crippen MR) is 201 cm³/mol. The van der Waals surface area contributed by atoms with Crippen LogP contribution in [0.1, 0.15) is 128 Å². The van der Waals surface area contributed by atoms with Gasteiger partial charge in [0.15, 0.2) is 0 Å². The summed E-state index contributed by atoms with van der Waals surface area (Å²) in [5, 5.41) is 16.1. The number of nitrogens with one attached hydrogen (secondary N) is 6. The van der Waals surface area contributed by atoms with Crippen molar-refractivity contribution in [2.45, 2.75) is 140 Å². The zero-order valence-corrected chi connectivity index (χ0v) is 31.6. The van der Waals surface area contributed by atoms with Gasteiger partial charge in [-0.15, -0.1) is 0 Å². The zero-order chi connectivity index (χ0) is 39.3. The number of ketones is 1. The molecule has 15 heteroatoms. The highest BCUT2D eigenvalue weighted by molar-refractivity contribution is 6.38. The Morgan fingerprint density at radius 1 is 0.778 bits per heavy atom. The summed E-state index contributed by atoms with van der Waals surface area (Å²) in [7, 11) is 0. The molecular formula is C39H59N7O8. The van der Waals surface area contributed by atoms with E-state index in [1.54, 1.807) is 37.3 Å². The molecule has 54 heavy (non-hydrogen) atoms. The second-order valence-electron chi connectivity index (χ2n) is 14.3. The van der Waals surface area contributed by atoms with Gasteiger partial charge < -0.3 is 37.6 Å². The van der Waals surface area contributed by atoms with E-state index < -0.39 is 66.0 Å². The standard InChI is InChI=1S/C39H59N7O8/c1-2-16-28(35(50)39(54)42-25-32(49)46-33(36(40)51)26-17-8-6-9-18-26)43-37(52)29-21-14-15-24-41-30(47)22-12-4-3-5-13-23-31(48)45-34(38(53)44-29)27-19-10-7-11-20-27/h6,8-9,17-18,27-29,33-34H,2-5,7,10-16,19-25H2,1H3,(H2,40,51)(H,41,47)(H,42,54)(H,43,52)(H,44,53)(H,45,48)(H,46,49)/t28?,29-,33-,34-/m0/s1. The van der Waals surface area contributed by atoms with Crippen molar-refractivity contribution in [2.24, 2.45) is 11.7 Å². The summed E-state index contributed by atoms with van der Waals surface area (Å²) in [5.74, 6) is -5.17. The van der Waals surface area contributed by atoms with Crippen molar-refractivity contribution in [1.82, 2.24) is 31.9 Å². The fourth-order valence-electron chi connectivity index (χ4n) is 6.94. The summed E-state index contributed by atoms with van der Waals surface area (Å²) in [5.41, 5.74) is 5.91. The highest BCUT2D eigenvalue weighted by Gasteiger charge is 2.35. The van der Waals surface area contributed by atoms with Gasteiger partial charge in [0.25, 0.3) is 5.91 Å². The first kappa shape index (κ1) is 43.6. The molecule has 3 rings (SSSR count). The molecule has 7 amide bonds. The minimum absolute atomic E-state index is 0.0502. The fraction of sp³-hybridized carbons (Fsp3) is 0.641.